The van der Waals surface area contributed by atoms with Crippen LogP contribution in [0.5, 0.6) is 0 Å². The normalized spacial score (nSPS) is 23.3. The first-order chi connectivity index (χ1) is 6.84. The predicted octanol–water partition coefficient (Wildman–Crippen LogP) is 0.345. The Balaban J connectivity index is 3.17. The van der Waals surface area contributed by atoms with Crippen molar-refractivity contribution in [2.24, 2.45) is 11.5 Å². The highest BCUT2D eigenvalue weighted by molar-refractivity contribution is 7.94. The molecule has 0 bridgehead atoms. The second kappa shape index (κ2) is 4.09. The lowest BCUT2D eigenvalue weighted by Gasteiger charge is -2.36. The molecule has 0 saturated heterocycles. The van der Waals surface area contributed by atoms with Crippen LogP contribution >= 0.6 is 0 Å². The molecular formula is C9H19N3O2S. The number of nitrogens with one attached hydrogen (secondary N) is 1. The van der Waals surface area contributed by atoms with Gasteiger partial charge >= 0.3 is 0 Å². The van der Waals surface area contributed by atoms with Crippen molar-refractivity contribution in [1.29, 1.82) is 5.41 Å². The number of amidine groups is 1. The SMILES string of the molecule is CC(N)S(=O)(=O)C1(C(=N)N)CCCCC1. The van der Waals surface area contributed by atoms with Gasteiger partial charge in [-0.1, -0.05) is 19.3 Å². The molecule has 1 fully saturated rings. The van der Waals surface area contributed by atoms with Gasteiger partial charge in [0.1, 0.15) is 16.0 Å². The predicted molar refractivity (Wildman–Crippen MR) is 60.3 cm³/mol. The molecule has 1 unspecified atom stereocenters. The summed E-state index contributed by atoms with van der Waals surface area (Å²) in [6.45, 7) is 1.44. The minimum Gasteiger partial charge on any atom is -0.386 e. The van der Waals surface area contributed by atoms with Gasteiger partial charge in [0.15, 0.2) is 9.84 Å². The average molecular weight is 233 g/mol. The van der Waals surface area contributed by atoms with Gasteiger partial charge in [0.2, 0.25) is 0 Å². The third kappa shape index (κ3) is 1.88. The monoisotopic (exact) mass is 233 g/mol. The lowest BCUT2D eigenvalue weighted by Crippen LogP contribution is -2.55. The van der Waals surface area contributed by atoms with Crippen LogP contribution in [0.25, 0.3) is 0 Å². The Morgan fingerprint density at radius 2 is 1.80 bits per heavy atom. The lowest BCUT2D eigenvalue weighted by atomic mass is 9.87. The first-order valence-corrected chi connectivity index (χ1v) is 6.73. The van der Waals surface area contributed by atoms with Crippen LogP contribution in [0.4, 0.5) is 0 Å². The summed E-state index contributed by atoms with van der Waals surface area (Å²) in [7, 11) is -3.53. The molecule has 0 radical (unpaired) electrons. The van der Waals surface area contributed by atoms with Crippen LogP contribution in [0.2, 0.25) is 0 Å². The van der Waals surface area contributed by atoms with E-state index in [4.69, 9.17) is 16.9 Å². The highest BCUT2D eigenvalue weighted by Crippen LogP contribution is 2.36. The summed E-state index contributed by atoms with van der Waals surface area (Å²) < 4.78 is 23.0. The van der Waals surface area contributed by atoms with Crippen molar-refractivity contribution in [2.45, 2.75) is 49.1 Å². The highest BCUT2D eigenvalue weighted by Gasteiger charge is 2.48. The third-order valence-corrected chi connectivity index (χ3v) is 5.88. The molecule has 0 aromatic rings. The van der Waals surface area contributed by atoms with E-state index in [9.17, 15) is 8.42 Å². The summed E-state index contributed by atoms with van der Waals surface area (Å²) >= 11 is 0. The third-order valence-electron chi connectivity index (χ3n) is 3.19. The first kappa shape index (κ1) is 12.4. The molecule has 5 nitrogen and oxygen atoms in total. The average Bonchev–Trinajstić information content (AvgIpc) is 2.18. The molecule has 6 heteroatoms. The van der Waals surface area contributed by atoms with Gasteiger partial charge < -0.3 is 11.5 Å². The molecule has 0 aromatic carbocycles. The van der Waals surface area contributed by atoms with E-state index in [1.807, 2.05) is 0 Å². The van der Waals surface area contributed by atoms with Crippen molar-refractivity contribution >= 4 is 15.7 Å². The summed E-state index contributed by atoms with van der Waals surface area (Å²) in [6.07, 6.45) is 3.47. The largest absolute Gasteiger partial charge is 0.386 e. The molecular weight excluding hydrogens is 214 g/mol. The van der Waals surface area contributed by atoms with Crippen molar-refractivity contribution in [1.82, 2.24) is 0 Å². The molecule has 0 aliphatic heterocycles. The summed E-state index contributed by atoms with van der Waals surface area (Å²) in [6, 6.07) is 0. The Kier molecular flexibility index (Phi) is 3.40. The standard InChI is InChI=1S/C9H19N3O2S/c1-7(10)15(13,14)9(8(11)12)5-3-2-4-6-9/h7H,2-6,10H2,1H3,(H3,11,12). The maximum absolute atomic E-state index is 12.1. The van der Waals surface area contributed by atoms with Crippen molar-refractivity contribution in [3.8, 4) is 0 Å². The van der Waals surface area contributed by atoms with Crippen LogP contribution in [0, 0.1) is 5.41 Å². The van der Waals surface area contributed by atoms with E-state index in [0.717, 1.165) is 19.3 Å². The molecule has 0 spiro atoms. The molecule has 15 heavy (non-hydrogen) atoms. The zero-order chi connectivity index (χ0) is 11.7. The van der Waals surface area contributed by atoms with E-state index in [1.54, 1.807) is 0 Å². The Hall–Kier alpha value is -0.620. The highest BCUT2D eigenvalue weighted by atomic mass is 32.2. The number of hydrogen-bond acceptors (Lipinski definition) is 4. The minimum atomic E-state index is -3.53. The van der Waals surface area contributed by atoms with Crippen molar-refractivity contribution < 1.29 is 8.42 Å². The molecule has 1 aliphatic rings. The number of nitrogens with two attached hydrogens (primary N) is 2. The van der Waals surface area contributed by atoms with Gasteiger partial charge in [-0.25, -0.2) is 8.42 Å². The molecule has 5 N–H and O–H groups in total. The summed E-state index contributed by atoms with van der Waals surface area (Å²) in [5.74, 6) is -0.250. The Labute approximate surface area is 90.6 Å². The van der Waals surface area contributed by atoms with Gasteiger partial charge in [-0.2, -0.15) is 0 Å². The Morgan fingerprint density at radius 3 is 2.13 bits per heavy atom. The van der Waals surface area contributed by atoms with Crippen LogP contribution in [0.3, 0.4) is 0 Å². The molecule has 0 amide bonds. The smallest absolute Gasteiger partial charge is 0.178 e. The number of hydrogen-bond donors (Lipinski definition) is 3. The maximum Gasteiger partial charge on any atom is 0.178 e. The lowest BCUT2D eigenvalue weighted by molar-refractivity contribution is 0.434. The molecule has 0 aromatic heterocycles. The topological polar surface area (TPSA) is 110 Å². The van der Waals surface area contributed by atoms with E-state index in [-0.39, 0.29) is 5.84 Å². The van der Waals surface area contributed by atoms with Crippen molar-refractivity contribution in [2.75, 3.05) is 0 Å². The molecule has 1 rings (SSSR count). The van der Waals surface area contributed by atoms with Crippen molar-refractivity contribution in [3.63, 3.8) is 0 Å². The zero-order valence-electron chi connectivity index (χ0n) is 8.99. The molecule has 1 saturated carbocycles. The van der Waals surface area contributed by atoms with Gasteiger partial charge in [0, 0.05) is 0 Å². The first-order valence-electron chi connectivity index (χ1n) is 5.18. The Bertz CT molecular complexity index is 342. The fraction of sp³-hybridized carbons (Fsp3) is 0.889. The second-order valence-corrected chi connectivity index (χ2v) is 6.83. The van der Waals surface area contributed by atoms with E-state index < -0.39 is 20.0 Å². The summed E-state index contributed by atoms with van der Waals surface area (Å²) in [5, 5.41) is 6.57. The second-order valence-electron chi connectivity index (χ2n) is 4.22. The molecule has 1 atom stereocenters. The number of rotatable bonds is 3. The minimum absolute atomic E-state index is 0.250. The van der Waals surface area contributed by atoms with Crippen LogP contribution in [-0.4, -0.2) is 24.4 Å². The van der Waals surface area contributed by atoms with E-state index in [1.165, 1.54) is 6.92 Å². The molecule has 0 heterocycles. The van der Waals surface area contributed by atoms with Crippen LogP contribution < -0.4 is 11.5 Å². The fourth-order valence-corrected chi connectivity index (χ4v) is 4.06. The Morgan fingerprint density at radius 1 is 1.33 bits per heavy atom. The van der Waals surface area contributed by atoms with Gasteiger partial charge in [-0.15, -0.1) is 0 Å². The van der Waals surface area contributed by atoms with Gasteiger partial charge in [0.25, 0.3) is 0 Å². The van der Waals surface area contributed by atoms with Crippen molar-refractivity contribution in [3.05, 3.63) is 0 Å². The van der Waals surface area contributed by atoms with Crippen LogP contribution in [0.15, 0.2) is 0 Å². The fourth-order valence-electron chi connectivity index (χ4n) is 2.19. The summed E-state index contributed by atoms with van der Waals surface area (Å²) in [5.41, 5.74) is 11.0. The van der Waals surface area contributed by atoms with E-state index >= 15 is 0 Å². The summed E-state index contributed by atoms with van der Waals surface area (Å²) in [4.78, 5) is 0. The van der Waals surface area contributed by atoms with Gasteiger partial charge in [0.05, 0.1) is 0 Å². The van der Waals surface area contributed by atoms with E-state index in [2.05, 4.69) is 0 Å². The quantitative estimate of drug-likeness (QED) is 0.482. The number of sulfone groups is 1. The van der Waals surface area contributed by atoms with E-state index in [0.29, 0.717) is 12.8 Å². The van der Waals surface area contributed by atoms with Gasteiger partial charge in [-0.05, 0) is 19.8 Å². The maximum atomic E-state index is 12.1. The van der Waals surface area contributed by atoms with Crippen LogP contribution in [0.1, 0.15) is 39.0 Å². The zero-order valence-corrected chi connectivity index (χ0v) is 9.81. The van der Waals surface area contributed by atoms with Crippen LogP contribution in [-0.2, 0) is 9.84 Å². The van der Waals surface area contributed by atoms with Gasteiger partial charge in [-0.3, -0.25) is 5.41 Å². The molecule has 1 aliphatic carbocycles. The molecule has 88 valence electrons.